The smallest absolute Gasteiger partial charge is 0.171 e. The van der Waals surface area contributed by atoms with Crippen LogP contribution in [0.15, 0.2) is 42.5 Å². The predicted octanol–water partition coefficient (Wildman–Crippen LogP) is 4.88. The highest BCUT2D eigenvalue weighted by atomic mass is 32.1. The van der Waals surface area contributed by atoms with Crippen molar-refractivity contribution in [1.82, 2.24) is 5.32 Å². The molecule has 2 aromatic rings. The van der Waals surface area contributed by atoms with E-state index in [1.165, 1.54) is 28.8 Å². The Morgan fingerprint density at radius 2 is 1.91 bits per heavy atom. The van der Waals surface area contributed by atoms with E-state index in [0.29, 0.717) is 10.8 Å². The molecule has 1 unspecified atom stereocenters. The Bertz CT molecular complexity index is 670. The first-order chi connectivity index (χ1) is 10.5. The van der Waals surface area contributed by atoms with Crippen LogP contribution in [0.3, 0.4) is 0 Å². The number of hydrogen-bond acceptors (Lipinski definition) is 1. The second-order valence-corrected chi connectivity index (χ2v) is 5.82. The lowest BCUT2D eigenvalue weighted by molar-refractivity contribution is 0.626. The van der Waals surface area contributed by atoms with Crippen molar-refractivity contribution in [3.05, 3.63) is 65.0 Å². The summed E-state index contributed by atoms with van der Waals surface area (Å²) in [4.78, 5) is 0. The Kier molecular flexibility index (Phi) is 5.50. The summed E-state index contributed by atoms with van der Waals surface area (Å²) in [5.74, 6) is -0.283. The summed E-state index contributed by atoms with van der Waals surface area (Å²) in [5, 5.41) is 6.82. The minimum atomic E-state index is -0.283. The van der Waals surface area contributed by atoms with E-state index in [1.54, 1.807) is 12.1 Å². The van der Waals surface area contributed by atoms with E-state index in [4.69, 9.17) is 12.2 Å². The first-order valence-electron chi connectivity index (χ1n) is 7.40. The standard InChI is InChI=1S/C18H21FN2S/c1-4-17(14-9-8-12(2)13(3)10-14)21-18(22)20-16-7-5-6-15(19)11-16/h5-11,17H,4H2,1-3H3,(H2,20,21,22). The highest BCUT2D eigenvalue weighted by Gasteiger charge is 2.11. The Hall–Kier alpha value is -1.94. The van der Waals surface area contributed by atoms with Crippen LogP contribution in [0, 0.1) is 19.7 Å². The molecule has 2 nitrogen and oxygen atoms in total. The first kappa shape index (κ1) is 16.4. The van der Waals surface area contributed by atoms with Gasteiger partial charge < -0.3 is 10.6 Å². The maximum absolute atomic E-state index is 13.2. The molecule has 0 amide bonds. The van der Waals surface area contributed by atoms with Gasteiger partial charge >= 0.3 is 0 Å². The molecule has 2 N–H and O–H groups in total. The molecule has 22 heavy (non-hydrogen) atoms. The van der Waals surface area contributed by atoms with E-state index in [2.05, 4.69) is 49.6 Å². The summed E-state index contributed by atoms with van der Waals surface area (Å²) in [6.07, 6.45) is 0.910. The number of nitrogens with one attached hydrogen (secondary N) is 2. The van der Waals surface area contributed by atoms with Crippen molar-refractivity contribution >= 4 is 23.0 Å². The van der Waals surface area contributed by atoms with Gasteiger partial charge in [0.1, 0.15) is 5.82 Å². The largest absolute Gasteiger partial charge is 0.356 e. The van der Waals surface area contributed by atoms with Gasteiger partial charge in [0.05, 0.1) is 6.04 Å². The second-order valence-electron chi connectivity index (χ2n) is 5.41. The zero-order valence-corrected chi connectivity index (χ0v) is 13.9. The van der Waals surface area contributed by atoms with Crippen LogP contribution in [0.4, 0.5) is 10.1 Å². The highest BCUT2D eigenvalue weighted by molar-refractivity contribution is 7.80. The van der Waals surface area contributed by atoms with Crippen molar-refractivity contribution < 1.29 is 4.39 Å². The highest BCUT2D eigenvalue weighted by Crippen LogP contribution is 2.20. The van der Waals surface area contributed by atoms with E-state index in [9.17, 15) is 4.39 Å². The van der Waals surface area contributed by atoms with Crippen molar-refractivity contribution in [1.29, 1.82) is 0 Å². The third-order valence-corrected chi connectivity index (χ3v) is 3.95. The van der Waals surface area contributed by atoms with E-state index in [1.807, 2.05) is 0 Å². The van der Waals surface area contributed by atoms with Crippen LogP contribution in [0.2, 0.25) is 0 Å². The molecule has 0 radical (unpaired) electrons. The fourth-order valence-electron chi connectivity index (χ4n) is 2.29. The fourth-order valence-corrected chi connectivity index (χ4v) is 2.55. The van der Waals surface area contributed by atoms with Crippen molar-refractivity contribution in [2.45, 2.75) is 33.2 Å². The van der Waals surface area contributed by atoms with Gasteiger partial charge in [-0.05, 0) is 67.4 Å². The molecule has 1 atom stereocenters. The number of halogens is 1. The molecule has 0 saturated heterocycles. The van der Waals surface area contributed by atoms with Gasteiger partial charge in [0.15, 0.2) is 5.11 Å². The van der Waals surface area contributed by atoms with Gasteiger partial charge in [-0.3, -0.25) is 0 Å². The average molecular weight is 316 g/mol. The molecular formula is C18H21FN2S. The van der Waals surface area contributed by atoms with Gasteiger partial charge in [0.25, 0.3) is 0 Å². The molecule has 4 heteroatoms. The van der Waals surface area contributed by atoms with Gasteiger partial charge in [-0.15, -0.1) is 0 Å². The quantitative estimate of drug-likeness (QED) is 0.786. The van der Waals surface area contributed by atoms with Gasteiger partial charge in [-0.2, -0.15) is 0 Å². The van der Waals surface area contributed by atoms with Crippen LogP contribution in [0.25, 0.3) is 0 Å². The molecule has 2 aromatic carbocycles. The molecule has 0 fully saturated rings. The molecular weight excluding hydrogens is 295 g/mol. The fraction of sp³-hybridized carbons (Fsp3) is 0.278. The third kappa shape index (κ3) is 4.28. The zero-order valence-electron chi connectivity index (χ0n) is 13.1. The Morgan fingerprint density at radius 3 is 2.55 bits per heavy atom. The number of hydrogen-bond donors (Lipinski definition) is 2. The maximum Gasteiger partial charge on any atom is 0.171 e. The number of anilines is 1. The summed E-state index contributed by atoms with van der Waals surface area (Å²) >= 11 is 5.34. The van der Waals surface area contributed by atoms with Crippen LogP contribution >= 0.6 is 12.2 Å². The second kappa shape index (κ2) is 7.36. The summed E-state index contributed by atoms with van der Waals surface area (Å²) in [5.41, 5.74) is 4.39. The number of rotatable bonds is 4. The molecule has 116 valence electrons. The molecule has 0 aliphatic rings. The average Bonchev–Trinajstić information content (AvgIpc) is 2.48. The summed E-state index contributed by atoms with van der Waals surface area (Å²) in [6.45, 7) is 6.32. The van der Waals surface area contributed by atoms with Crippen molar-refractivity contribution in [3.8, 4) is 0 Å². The number of aryl methyl sites for hydroxylation is 2. The summed E-state index contributed by atoms with van der Waals surface area (Å²) in [7, 11) is 0. The van der Waals surface area contributed by atoms with Crippen molar-refractivity contribution in [3.63, 3.8) is 0 Å². The van der Waals surface area contributed by atoms with Crippen LogP contribution in [0.1, 0.15) is 36.1 Å². The van der Waals surface area contributed by atoms with E-state index in [-0.39, 0.29) is 11.9 Å². The van der Waals surface area contributed by atoms with E-state index in [0.717, 1.165) is 6.42 Å². The molecule has 0 bridgehead atoms. The normalized spacial score (nSPS) is 11.8. The molecule has 2 rings (SSSR count). The Labute approximate surface area is 136 Å². The van der Waals surface area contributed by atoms with Gasteiger partial charge in [0, 0.05) is 5.69 Å². The first-order valence-corrected chi connectivity index (χ1v) is 7.80. The van der Waals surface area contributed by atoms with Crippen molar-refractivity contribution in [2.75, 3.05) is 5.32 Å². The Balaban J connectivity index is 2.06. The topological polar surface area (TPSA) is 24.1 Å². The maximum atomic E-state index is 13.2. The predicted molar refractivity (Wildman–Crippen MR) is 94.7 cm³/mol. The zero-order chi connectivity index (χ0) is 16.1. The minimum absolute atomic E-state index is 0.132. The lowest BCUT2D eigenvalue weighted by atomic mass is 9.99. The summed E-state index contributed by atoms with van der Waals surface area (Å²) in [6, 6.07) is 12.8. The van der Waals surface area contributed by atoms with Gasteiger partial charge in [0.2, 0.25) is 0 Å². The molecule has 0 saturated carbocycles. The van der Waals surface area contributed by atoms with Crippen LogP contribution in [-0.4, -0.2) is 5.11 Å². The van der Waals surface area contributed by atoms with Crippen molar-refractivity contribution in [2.24, 2.45) is 0 Å². The van der Waals surface area contributed by atoms with Crippen LogP contribution < -0.4 is 10.6 Å². The third-order valence-electron chi connectivity index (χ3n) is 3.73. The number of benzene rings is 2. The van der Waals surface area contributed by atoms with E-state index < -0.39 is 0 Å². The van der Waals surface area contributed by atoms with Crippen LogP contribution in [0.5, 0.6) is 0 Å². The summed E-state index contributed by atoms with van der Waals surface area (Å²) < 4.78 is 13.2. The van der Waals surface area contributed by atoms with Gasteiger partial charge in [-0.25, -0.2) is 4.39 Å². The monoisotopic (exact) mass is 316 g/mol. The molecule has 0 spiro atoms. The molecule has 0 aromatic heterocycles. The molecule has 0 aliphatic heterocycles. The molecule has 0 heterocycles. The Morgan fingerprint density at radius 1 is 1.14 bits per heavy atom. The van der Waals surface area contributed by atoms with E-state index >= 15 is 0 Å². The SMILES string of the molecule is CCC(NC(=S)Nc1cccc(F)c1)c1ccc(C)c(C)c1. The lowest BCUT2D eigenvalue weighted by Gasteiger charge is -2.21. The molecule has 0 aliphatic carbocycles. The van der Waals surface area contributed by atoms with Crippen LogP contribution in [-0.2, 0) is 0 Å². The number of thiocarbonyl (C=S) groups is 1. The lowest BCUT2D eigenvalue weighted by Crippen LogP contribution is -2.32. The van der Waals surface area contributed by atoms with Gasteiger partial charge in [-0.1, -0.05) is 31.2 Å². The minimum Gasteiger partial charge on any atom is -0.356 e.